The standard InChI is InChI=1S/C13H14N2O2/c1-9-12(7-8-15-13(9)14)17-11-5-3-10(16-2)4-6-11/h3-8H,1-2H3,(H2,14,15). The third-order valence-electron chi connectivity index (χ3n) is 2.48. The Morgan fingerprint density at radius 2 is 1.71 bits per heavy atom. The largest absolute Gasteiger partial charge is 0.497 e. The van der Waals surface area contributed by atoms with Gasteiger partial charge in [-0.3, -0.25) is 0 Å². The number of nitrogens with zero attached hydrogens (tertiary/aromatic N) is 1. The van der Waals surface area contributed by atoms with Crippen molar-refractivity contribution in [3.63, 3.8) is 0 Å². The second-order valence-corrected chi connectivity index (χ2v) is 3.60. The van der Waals surface area contributed by atoms with Crippen molar-refractivity contribution in [3.8, 4) is 17.2 Å². The molecule has 0 fully saturated rings. The van der Waals surface area contributed by atoms with Gasteiger partial charge < -0.3 is 15.2 Å². The first kappa shape index (κ1) is 11.3. The van der Waals surface area contributed by atoms with Gasteiger partial charge in [-0.2, -0.15) is 0 Å². The Labute approximate surface area is 100 Å². The minimum absolute atomic E-state index is 0.482. The zero-order valence-corrected chi connectivity index (χ0v) is 9.81. The third-order valence-corrected chi connectivity index (χ3v) is 2.48. The van der Waals surface area contributed by atoms with Gasteiger partial charge in [0.05, 0.1) is 7.11 Å². The van der Waals surface area contributed by atoms with Crippen LogP contribution in [-0.4, -0.2) is 12.1 Å². The average Bonchev–Trinajstić information content (AvgIpc) is 2.36. The summed E-state index contributed by atoms with van der Waals surface area (Å²) in [6, 6.07) is 9.16. The van der Waals surface area contributed by atoms with Crippen LogP contribution in [0, 0.1) is 6.92 Å². The summed E-state index contributed by atoms with van der Waals surface area (Å²) in [6.45, 7) is 1.88. The molecule has 0 bridgehead atoms. The predicted octanol–water partition coefficient (Wildman–Crippen LogP) is 2.77. The van der Waals surface area contributed by atoms with Crippen molar-refractivity contribution in [1.82, 2.24) is 4.98 Å². The van der Waals surface area contributed by atoms with Crippen molar-refractivity contribution >= 4 is 5.82 Å². The second-order valence-electron chi connectivity index (χ2n) is 3.60. The number of benzene rings is 1. The summed E-state index contributed by atoms with van der Waals surface area (Å²) in [5.41, 5.74) is 6.55. The van der Waals surface area contributed by atoms with E-state index in [4.69, 9.17) is 15.2 Å². The summed E-state index contributed by atoms with van der Waals surface area (Å²) >= 11 is 0. The summed E-state index contributed by atoms with van der Waals surface area (Å²) in [5.74, 6) is 2.72. The lowest BCUT2D eigenvalue weighted by atomic mass is 10.2. The molecular formula is C13H14N2O2. The van der Waals surface area contributed by atoms with E-state index in [1.54, 1.807) is 19.4 Å². The van der Waals surface area contributed by atoms with Crippen LogP contribution in [0.4, 0.5) is 5.82 Å². The Kier molecular flexibility index (Phi) is 3.14. The summed E-state index contributed by atoms with van der Waals surface area (Å²) in [5, 5.41) is 0. The van der Waals surface area contributed by atoms with E-state index in [-0.39, 0.29) is 0 Å². The molecule has 0 radical (unpaired) electrons. The lowest BCUT2D eigenvalue weighted by Gasteiger charge is -2.09. The molecule has 1 aromatic carbocycles. The fraction of sp³-hybridized carbons (Fsp3) is 0.154. The molecule has 2 rings (SSSR count). The molecule has 0 saturated heterocycles. The van der Waals surface area contributed by atoms with E-state index in [1.165, 1.54) is 0 Å². The second kappa shape index (κ2) is 4.74. The summed E-state index contributed by atoms with van der Waals surface area (Å²) in [7, 11) is 1.63. The molecule has 0 saturated carbocycles. The number of nitrogens with two attached hydrogens (primary N) is 1. The topological polar surface area (TPSA) is 57.4 Å². The Morgan fingerprint density at radius 3 is 2.35 bits per heavy atom. The Bertz CT molecular complexity index is 509. The van der Waals surface area contributed by atoms with Gasteiger partial charge in [0.25, 0.3) is 0 Å². The van der Waals surface area contributed by atoms with Crippen LogP contribution in [0.25, 0.3) is 0 Å². The van der Waals surface area contributed by atoms with E-state index in [0.717, 1.165) is 17.1 Å². The van der Waals surface area contributed by atoms with Gasteiger partial charge in [0.15, 0.2) is 0 Å². The number of aromatic nitrogens is 1. The molecular weight excluding hydrogens is 216 g/mol. The predicted molar refractivity (Wildman–Crippen MR) is 66.5 cm³/mol. The molecule has 0 aliphatic carbocycles. The van der Waals surface area contributed by atoms with Crippen molar-refractivity contribution in [2.75, 3.05) is 12.8 Å². The normalized spacial score (nSPS) is 10.0. The van der Waals surface area contributed by atoms with Crippen LogP contribution in [0.15, 0.2) is 36.5 Å². The molecule has 1 aromatic heterocycles. The maximum atomic E-state index is 5.71. The summed E-state index contributed by atoms with van der Waals surface area (Å²) in [6.07, 6.45) is 1.63. The van der Waals surface area contributed by atoms with Crippen LogP contribution < -0.4 is 15.2 Å². The molecule has 4 nitrogen and oxygen atoms in total. The SMILES string of the molecule is COc1ccc(Oc2ccnc(N)c2C)cc1. The molecule has 2 N–H and O–H groups in total. The maximum Gasteiger partial charge on any atom is 0.135 e. The molecule has 0 aliphatic rings. The molecule has 17 heavy (non-hydrogen) atoms. The van der Waals surface area contributed by atoms with E-state index in [0.29, 0.717) is 11.6 Å². The van der Waals surface area contributed by atoms with E-state index < -0.39 is 0 Å². The fourth-order valence-corrected chi connectivity index (χ4v) is 1.41. The van der Waals surface area contributed by atoms with Crippen molar-refractivity contribution in [2.24, 2.45) is 0 Å². The van der Waals surface area contributed by atoms with Crippen LogP contribution in [0.3, 0.4) is 0 Å². The fourth-order valence-electron chi connectivity index (χ4n) is 1.41. The minimum Gasteiger partial charge on any atom is -0.497 e. The van der Waals surface area contributed by atoms with E-state index >= 15 is 0 Å². The van der Waals surface area contributed by atoms with Gasteiger partial charge >= 0.3 is 0 Å². The first-order valence-corrected chi connectivity index (χ1v) is 5.23. The highest BCUT2D eigenvalue weighted by molar-refractivity contribution is 5.48. The summed E-state index contributed by atoms with van der Waals surface area (Å²) in [4.78, 5) is 3.99. The van der Waals surface area contributed by atoms with Gasteiger partial charge in [0.1, 0.15) is 23.1 Å². The van der Waals surface area contributed by atoms with Crippen molar-refractivity contribution in [3.05, 3.63) is 42.1 Å². The first-order valence-electron chi connectivity index (χ1n) is 5.23. The molecule has 88 valence electrons. The number of rotatable bonds is 3. The van der Waals surface area contributed by atoms with E-state index in [1.807, 2.05) is 31.2 Å². The molecule has 2 aromatic rings. The van der Waals surface area contributed by atoms with E-state index in [2.05, 4.69) is 4.98 Å². The Balaban J connectivity index is 2.22. The number of anilines is 1. The maximum absolute atomic E-state index is 5.71. The van der Waals surface area contributed by atoms with Gasteiger partial charge in [-0.15, -0.1) is 0 Å². The summed E-state index contributed by atoms with van der Waals surface area (Å²) < 4.78 is 10.8. The van der Waals surface area contributed by atoms with Gasteiger partial charge in [0, 0.05) is 11.8 Å². The van der Waals surface area contributed by atoms with Gasteiger partial charge in [-0.25, -0.2) is 4.98 Å². The molecule has 0 amide bonds. The highest BCUT2D eigenvalue weighted by Gasteiger charge is 2.04. The van der Waals surface area contributed by atoms with E-state index in [9.17, 15) is 0 Å². The van der Waals surface area contributed by atoms with Crippen LogP contribution >= 0.6 is 0 Å². The lowest BCUT2D eigenvalue weighted by molar-refractivity contribution is 0.412. The average molecular weight is 230 g/mol. The third kappa shape index (κ3) is 2.47. The number of hydrogen-bond donors (Lipinski definition) is 1. The highest BCUT2D eigenvalue weighted by Crippen LogP contribution is 2.27. The van der Waals surface area contributed by atoms with Gasteiger partial charge in [-0.1, -0.05) is 0 Å². The quantitative estimate of drug-likeness (QED) is 0.880. The number of ether oxygens (including phenoxy) is 2. The Hall–Kier alpha value is -2.23. The van der Waals surface area contributed by atoms with Crippen LogP contribution in [0.2, 0.25) is 0 Å². The Morgan fingerprint density at radius 1 is 1.06 bits per heavy atom. The molecule has 0 aliphatic heterocycles. The lowest BCUT2D eigenvalue weighted by Crippen LogP contribution is -1.96. The van der Waals surface area contributed by atoms with Crippen LogP contribution in [-0.2, 0) is 0 Å². The molecule has 4 heteroatoms. The zero-order chi connectivity index (χ0) is 12.3. The first-order chi connectivity index (χ1) is 8.20. The molecule has 0 unspecified atom stereocenters. The zero-order valence-electron chi connectivity index (χ0n) is 9.81. The van der Waals surface area contributed by atoms with Gasteiger partial charge in [0.2, 0.25) is 0 Å². The number of methoxy groups -OCH3 is 1. The van der Waals surface area contributed by atoms with Crippen molar-refractivity contribution < 1.29 is 9.47 Å². The van der Waals surface area contributed by atoms with Crippen molar-refractivity contribution in [1.29, 1.82) is 0 Å². The van der Waals surface area contributed by atoms with Crippen LogP contribution in [0.5, 0.6) is 17.2 Å². The highest BCUT2D eigenvalue weighted by atomic mass is 16.5. The molecule has 0 atom stereocenters. The number of hydrogen-bond acceptors (Lipinski definition) is 4. The number of pyridine rings is 1. The van der Waals surface area contributed by atoms with Crippen LogP contribution in [0.1, 0.15) is 5.56 Å². The number of nitrogen functional groups attached to an aromatic ring is 1. The monoisotopic (exact) mass is 230 g/mol. The van der Waals surface area contributed by atoms with Gasteiger partial charge in [-0.05, 0) is 37.3 Å². The molecule has 1 heterocycles. The van der Waals surface area contributed by atoms with Crippen molar-refractivity contribution in [2.45, 2.75) is 6.92 Å². The smallest absolute Gasteiger partial charge is 0.135 e. The molecule has 0 spiro atoms. The minimum atomic E-state index is 0.482.